The van der Waals surface area contributed by atoms with E-state index >= 15 is 0 Å². The molecule has 1 N–H and O–H groups in total. The van der Waals surface area contributed by atoms with Crippen molar-refractivity contribution < 1.29 is 9.18 Å². The first-order valence-corrected chi connectivity index (χ1v) is 8.78. The number of hydrogen-bond donors (Lipinski definition) is 1. The molecular formula is C17H20Cl2FN3OS. The summed E-state index contributed by atoms with van der Waals surface area (Å²) in [4.78, 5) is 19.5. The highest BCUT2D eigenvalue weighted by Crippen LogP contribution is 2.29. The van der Waals surface area contributed by atoms with Gasteiger partial charge >= 0.3 is 0 Å². The fourth-order valence-corrected chi connectivity index (χ4v) is 4.33. The van der Waals surface area contributed by atoms with Crippen LogP contribution in [-0.2, 0) is 0 Å². The van der Waals surface area contributed by atoms with E-state index in [1.54, 1.807) is 24.4 Å². The Bertz CT molecular complexity index is 742. The summed E-state index contributed by atoms with van der Waals surface area (Å²) in [5, 5.41) is 4.13. The molecule has 1 aromatic carbocycles. The number of fused-ring (bicyclic) bond motifs is 2. The Kier molecular flexibility index (Phi) is 6.79. The largest absolute Gasteiger partial charge is 0.336 e. The first kappa shape index (κ1) is 20.1. The van der Waals surface area contributed by atoms with Gasteiger partial charge in [0.25, 0.3) is 5.91 Å². The van der Waals surface area contributed by atoms with Gasteiger partial charge in [0.2, 0.25) is 0 Å². The number of carbonyl (C=O) groups excluding carboxylic acids is 1. The molecule has 136 valence electrons. The molecule has 2 aliphatic rings. The molecule has 1 amide bonds. The molecule has 0 saturated carbocycles. The van der Waals surface area contributed by atoms with Crippen molar-refractivity contribution in [3.05, 3.63) is 41.2 Å². The number of carbonyl (C=O) groups is 1. The first-order chi connectivity index (χ1) is 11.2. The average Bonchev–Trinajstić information content (AvgIpc) is 3.14. The number of nitrogens with zero attached hydrogens (tertiary/aromatic N) is 2. The fraction of sp³-hybridized carbons (Fsp3) is 0.412. The van der Waals surface area contributed by atoms with E-state index in [4.69, 9.17) is 0 Å². The minimum Gasteiger partial charge on any atom is -0.336 e. The molecular weight excluding hydrogens is 384 g/mol. The molecule has 2 bridgehead atoms. The lowest BCUT2D eigenvalue weighted by atomic mass is 10.1. The zero-order chi connectivity index (χ0) is 15.8. The van der Waals surface area contributed by atoms with Gasteiger partial charge in [-0.1, -0.05) is 12.1 Å². The van der Waals surface area contributed by atoms with Crippen molar-refractivity contribution >= 4 is 42.1 Å². The van der Waals surface area contributed by atoms with Crippen LogP contribution < -0.4 is 5.32 Å². The third-order valence-corrected chi connectivity index (χ3v) is 5.65. The molecule has 0 aliphatic carbocycles. The molecule has 2 aliphatic heterocycles. The van der Waals surface area contributed by atoms with E-state index < -0.39 is 0 Å². The molecule has 4 nitrogen and oxygen atoms in total. The van der Waals surface area contributed by atoms with Gasteiger partial charge in [0.05, 0.1) is 6.20 Å². The van der Waals surface area contributed by atoms with E-state index in [1.807, 2.05) is 4.90 Å². The predicted molar refractivity (Wildman–Crippen MR) is 102 cm³/mol. The standard InChI is InChI=1S/C17H18FN3OS.2ClH/c18-14-4-2-1-3-13(14)16-19-9-15(23-16)17(22)21-8-7-11-5-6-12(10-21)20-11;;/h1-4,9,11-12,20H,5-8,10H2;2*1H. The molecule has 25 heavy (non-hydrogen) atoms. The van der Waals surface area contributed by atoms with Gasteiger partial charge in [-0.3, -0.25) is 4.79 Å². The molecule has 2 aromatic rings. The van der Waals surface area contributed by atoms with Gasteiger partial charge in [-0.25, -0.2) is 9.37 Å². The second-order valence-corrected chi connectivity index (χ2v) is 7.22. The number of benzene rings is 1. The molecule has 2 atom stereocenters. The van der Waals surface area contributed by atoms with Crippen molar-refractivity contribution in [2.75, 3.05) is 13.1 Å². The van der Waals surface area contributed by atoms with E-state index in [1.165, 1.54) is 23.8 Å². The maximum absolute atomic E-state index is 13.9. The van der Waals surface area contributed by atoms with Gasteiger partial charge in [-0.2, -0.15) is 0 Å². The van der Waals surface area contributed by atoms with Crippen molar-refractivity contribution in [2.45, 2.75) is 31.3 Å². The molecule has 3 heterocycles. The average molecular weight is 404 g/mol. The molecule has 2 unspecified atom stereocenters. The Labute approximate surface area is 162 Å². The van der Waals surface area contributed by atoms with Gasteiger partial charge in [-0.05, 0) is 31.4 Å². The van der Waals surface area contributed by atoms with Crippen LogP contribution >= 0.6 is 36.2 Å². The SMILES string of the molecule is Cl.Cl.O=C(c1cnc(-c2ccccc2F)s1)N1CCC2CCC(C1)N2. The molecule has 2 saturated heterocycles. The van der Waals surface area contributed by atoms with E-state index in [0.717, 1.165) is 25.9 Å². The second-order valence-electron chi connectivity index (χ2n) is 6.19. The Morgan fingerprint density at radius 1 is 1.20 bits per heavy atom. The smallest absolute Gasteiger partial charge is 0.265 e. The van der Waals surface area contributed by atoms with Crippen LogP contribution in [0.3, 0.4) is 0 Å². The van der Waals surface area contributed by atoms with E-state index in [0.29, 0.717) is 27.5 Å². The number of halogens is 3. The van der Waals surface area contributed by atoms with Crippen LogP contribution in [0, 0.1) is 5.82 Å². The number of nitrogens with one attached hydrogen (secondary N) is 1. The monoisotopic (exact) mass is 403 g/mol. The van der Waals surface area contributed by atoms with Crippen LogP contribution in [0.25, 0.3) is 10.6 Å². The van der Waals surface area contributed by atoms with Crippen LogP contribution in [0.2, 0.25) is 0 Å². The van der Waals surface area contributed by atoms with Gasteiger partial charge in [-0.15, -0.1) is 36.2 Å². The summed E-state index contributed by atoms with van der Waals surface area (Å²) in [6.07, 6.45) is 4.93. The fourth-order valence-electron chi connectivity index (χ4n) is 3.42. The minimum atomic E-state index is -0.308. The Morgan fingerprint density at radius 3 is 2.76 bits per heavy atom. The van der Waals surface area contributed by atoms with Crippen LogP contribution in [0.4, 0.5) is 4.39 Å². The molecule has 2 fully saturated rings. The zero-order valence-electron chi connectivity index (χ0n) is 13.5. The summed E-state index contributed by atoms with van der Waals surface area (Å²) in [6.45, 7) is 1.53. The highest BCUT2D eigenvalue weighted by molar-refractivity contribution is 7.16. The molecule has 8 heteroatoms. The van der Waals surface area contributed by atoms with E-state index in [-0.39, 0.29) is 36.5 Å². The maximum atomic E-state index is 13.9. The number of rotatable bonds is 2. The topological polar surface area (TPSA) is 45.2 Å². The third-order valence-electron chi connectivity index (χ3n) is 4.63. The Balaban J connectivity index is 0.00000113. The number of thiazole rings is 1. The summed E-state index contributed by atoms with van der Waals surface area (Å²) < 4.78 is 13.9. The summed E-state index contributed by atoms with van der Waals surface area (Å²) in [5.74, 6) is -0.295. The summed E-state index contributed by atoms with van der Waals surface area (Å²) >= 11 is 1.27. The van der Waals surface area contributed by atoms with Gasteiger partial charge < -0.3 is 10.2 Å². The number of aromatic nitrogens is 1. The maximum Gasteiger partial charge on any atom is 0.265 e. The van der Waals surface area contributed by atoms with Crippen molar-refractivity contribution in [3.63, 3.8) is 0 Å². The molecule has 0 radical (unpaired) electrons. The molecule has 4 rings (SSSR count). The summed E-state index contributed by atoms with van der Waals surface area (Å²) in [5.41, 5.74) is 0.452. The number of likely N-dealkylation sites (tertiary alicyclic amines) is 1. The predicted octanol–water partition coefficient (Wildman–Crippen LogP) is 3.76. The number of hydrogen-bond acceptors (Lipinski definition) is 4. The van der Waals surface area contributed by atoms with E-state index in [9.17, 15) is 9.18 Å². The van der Waals surface area contributed by atoms with Crippen molar-refractivity contribution in [2.24, 2.45) is 0 Å². The Morgan fingerprint density at radius 2 is 1.96 bits per heavy atom. The Hall–Kier alpha value is -1.21. The van der Waals surface area contributed by atoms with E-state index in [2.05, 4.69) is 10.3 Å². The van der Waals surface area contributed by atoms with Gasteiger partial charge in [0.15, 0.2) is 0 Å². The highest BCUT2D eigenvalue weighted by atomic mass is 35.5. The normalized spacial score (nSPS) is 21.9. The number of amides is 1. The van der Waals surface area contributed by atoms with Gasteiger partial charge in [0.1, 0.15) is 15.7 Å². The third kappa shape index (κ3) is 4.14. The molecule has 0 spiro atoms. The van der Waals surface area contributed by atoms with Crippen molar-refractivity contribution in [1.82, 2.24) is 15.2 Å². The second kappa shape index (κ2) is 8.45. The summed E-state index contributed by atoms with van der Waals surface area (Å²) in [6, 6.07) is 7.49. The quantitative estimate of drug-likeness (QED) is 0.829. The summed E-state index contributed by atoms with van der Waals surface area (Å²) in [7, 11) is 0. The van der Waals surface area contributed by atoms with Gasteiger partial charge in [0, 0.05) is 30.7 Å². The van der Waals surface area contributed by atoms with Crippen LogP contribution in [0.5, 0.6) is 0 Å². The van der Waals surface area contributed by atoms with Crippen molar-refractivity contribution in [1.29, 1.82) is 0 Å². The van der Waals surface area contributed by atoms with Crippen LogP contribution in [0.1, 0.15) is 28.9 Å². The van der Waals surface area contributed by atoms with Crippen LogP contribution in [-0.4, -0.2) is 41.0 Å². The zero-order valence-corrected chi connectivity index (χ0v) is 15.9. The lowest BCUT2D eigenvalue weighted by molar-refractivity contribution is 0.0753. The highest BCUT2D eigenvalue weighted by Gasteiger charge is 2.32. The minimum absolute atomic E-state index is 0. The first-order valence-electron chi connectivity index (χ1n) is 7.97. The lowest BCUT2D eigenvalue weighted by Gasteiger charge is -2.23. The van der Waals surface area contributed by atoms with Crippen LogP contribution in [0.15, 0.2) is 30.5 Å². The van der Waals surface area contributed by atoms with Crippen molar-refractivity contribution in [3.8, 4) is 10.6 Å². The molecule has 1 aromatic heterocycles. The lowest BCUT2D eigenvalue weighted by Crippen LogP contribution is -2.38.